The monoisotopic (exact) mass is 660 g/mol. The van der Waals surface area contributed by atoms with Gasteiger partial charge in [-0.25, -0.2) is 14.4 Å². The van der Waals surface area contributed by atoms with Crippen molar-refractivity contribution in [3.63, 3.8) is 0 Å². The van der Waals surface area contributed by atoms with Gasteiger partial charge in [0.05, 0.1) is 23.4 Å². The van der Waals surface area contributed by atoms with Crippen LogP contribution in [0.15, 0.2) is 90.2 Å². The van der Waals surface area contributed by atoms with Gasteiger partial charge in [-0.2, -0.15) is 8.42 Å². The summed E-state index contributed by atoms with van der Waals surface area (Å²) in [4.78, 5) is 26.8. The van der Waals surface area contributed by atoms with Gasteiger partial charge >= 0.3 is 6.47 Å². The maximum atomic E-state index is 14.3. The van der Waals surface area contributed by atoms with Crippen LogP contribution in [0.25, 0.3) is 22.2 Å². The summed E-state index contributed by atoms with van der Waals surface area (Å²) in [5, 5.41) is 4.32. The number of methoxy groups -OCH3 is 1. The standard InChI is InChI=1S/C34H37FN6O5S/c1-4-39(5-2)17-6-7-18-40-19-16-26-20-25(8-14-32(26)40)31-22-34(37-23-36-31)38-27-9-11-28(12-10-27)41(46-24-42)47(43,44)29-13-15-33(45-3)30(35)21-29/h8-16,19-24H,4-7,17-18H2,1-3H3,(H,36,37,38). The van der Waals surface area contributed by atoms with Crippen LogP contribution >= 0.6 is 0 Å². The molecule has 0 unspecified atom stereocenters. The lowest BCUT2D eigenvalue weighted by atomic mass is 10.1. The van der Waals surface area contributed by atoms with Gasteiger partial charge in [0.1, 0.15) is 12.1 Å². The number of ether oxygens (including phenoxy) is 1. The third-order valence-electron chi connectivity index (χ3n) is 7.88. The molecule has 0 radical (unpaired) electrons. The fraction of sp³-hybridized carbons (Fsp3) is 0.265. The number of rotatable bonds is 16. The van der Waals surface area contributed by atoms with E-state index in [1.54, 1.807) is 12.1 Å². The molecular formula is C34H37FN6O5S. The van der Waals surface area contributed by atoms with Gasteiger partial charge in [0, 0.05) is 41.0 Å². The highest BCUT2D eigenvalue weighted by Crippen LogP contribution is 2.30. The van der Waals surface area contributed by atoms with E-state index in [2.05, 4.69) is 63.0 Å². The number of hydrogen-bond acceptors (Lipinski definition) is 9. The van der Waals surface area contributed by atoms with Crippen LogP contribution in [-0.2, 0) is 26.2 Å². The summed E-state index contributed by atoms with van der Waals surface area (Å²) in [6.07, 6.45) is 5.88. The first-order chi connectivity index (χ1) is 22.8. The molecule has 246 valence electrons. The van der Waals surface area contributed by atoms with Gasteiger partial charge in [0.2, 0.25) is 0 Å². The number of sulfonamides is 1. The number of nitrogens with zero attached hydrogens (tertiary/aromatic N) is 5. The summed E-state index contributed by atoms with van der Waals surface area (Å²) in [5.41, 5.74) is 3.46. The number of carbonyl (C=O) groups is 1. The summed E-state index contributed by atoms with van der Waals surface area (Å²) >= 11 is 0. The van der Waals surface area contributed by atoms with E-state index >= 15 is 0 Å². The van der Waals surface area contributed by atoms with Gasteiger partial charge in [-0.3, -0.25) is 4.79 Å². The predicted octanol–water partition coefficient (Wildman–Crippen LogP) is 6.39. The Hall–Kier alpha value is -5.01. The number of aromatic nitrogens is 3. The van der Waals surface area contributed by atoms with Crippen molar-refractivity contribution in [3.8, 4) is 17.0 Å². The molecule has 0 fully saturated rings. The molecule has 0 aliphatic rings. The van der Waals surface area contributed by atoms with Crippen LogP contribution in [0.3, 0.4) is 0 Å². The summed E-state index contributed by atoms with van der Waals surface area (Å²) in [6.45, 7) is 8.62. The Balaban J connectivity index is 1.28. The first-order valence-corrected chi connectivity index (χ1v) is 16.7. The fourth-order valence-electron chi connectivity index (χ4n) is 5.31. The number of aryl methyl sites for hydroxylation is 1. The molecule has 0 saturated heterocycles. The van der Waals surface area contributed by atoms with Gasteiger partial charge in [-0.05, 0) is 93.1 Å². The molecule has 1 N–H and O–H groups in total. The van der Waals surface area contributed by atoms with Crippen molar-refractivity contribution in [3.05, 3.63) is 91.1 Å². The molecule has 0 atom stereocenters. The van der Waals surface area contributed by atoms with Crippen molar-refractivity contribution < 1.29 is 27.2 Å². The number of fused-ring (bicyclic) bond motifs is 1. The van der Waals surface area contributed by atoms with E-state index in [4.69, 9.17) is 9.57 Å². The molecule has 5 rings (SSSR count). The van der Waals surface area contributed by atoms with E-state index in [0.717, 1.165) is 67.8 Å². The Morgan fingerprint density at radius 2 is 1.74 bits per heavy atom. The minimum Gasteiger partial charge on any atom is -0.494 e. The lowest BCUT2D eigenvalue weighted by Crippen LogP contribution is -2.31. The average Bonchev–Trinajstić information content (AvgIpc) is 3.50. The zero-order valence-electron chi connectivity index (χ0n) is 26.5. The number of unbranched alkanes of at least 4 members (excludes halogenated alkanes) is 1. The molecule has 0 amide bonds. The Kier molecular flexibility index (Phi) is 10.7. The van der Waals surface area contributed by atoms with Gasteiger partial charge in [0.15, 0.2) is 11.6 Å². The number of halogens is 1. The molecule has 0 aliphatic heterocycles. The Morgan fingerprint density at radius 1 is 0.957 bits per heavy atom. The number of nitrogens with one attached hydrogen (secondary N) is 1. The molecule has 5 aromatic rings. The van der Waals surface area contributed by atoms with Crippen LogP contribution in [0.1, 0.15) is 26.7 Å². The first kappa shape index (κ1) is 33.4. The second kappa shape index (κ2) is 15.1. The van der Waals surface area contributed by atoms with Gasteiger partial charge < -0.3 is 24.4 Å². The van der Waals surface area contributed by atoms with Crippen LogP contribution in [-0.4, -0.2) is 61.1 Å². The van der Waals surface area contributed by atoms with Crippen molar-refractivity contribution in [2.45, 2.75) is 38.1 Å². The minimum absolute atomic E-state index is 0.0198. The number of carbonyl (C=O) groups excluding carboxylic acids is 1. The molecule has 0 bridgehead atoms. The van der Waals surface area contributed by atoms with Gasteiger partial charge in [-0.1, -0.05) is 24.4 Å². The van der Waals surface area contributed by atoms with Crippen LogP contribution in [0.5, 0.6) is 5.75 Å². The predicted molar refractivity (Wildman–Crippen MR) is 179 cm³/mol. The average molecular weight is 661 g/mol. The maximum absolute atomic E-state index is 14.3. The second-order valence-corrected chi connectivity index (χ2v) is 12.5. The fourth-order valence-corrected chi connectivity index (χ4v) is 6.54. The SMILES string of the molecule is CCN(CC)CCCCn1ccc2cc(-c3cc(Nc4ccc(N(OC=O)S(=O)(=O)c5ccc(OC)c(F)c5)cc4)ncn3)ccc21. The van der Waals surface area contributed by atoms with Crippen molar-refractivity contribution in [2.24, 2.45) is 0 Å². The lowest BCUT2D eigenvalue weighted by molar-refractivity contribution is -0.128. The van der Waals surface area contributed by atoms with Crippen LogP contribution in [0.4, 0.5) is 21.6 Å². The molecule has 3 aromatic carbocycles. The molecule has 47 heavy (non-hydrogen) atoms. The van der Waals surface area contributed by atoms with Crippen LogP contribution < -0.4 is 14.5 Å². The first-order valence-electron chi connectivity index (χ1n) is 15.3. The maximum Gasteiger partial charge on any atom is 0.322 e. The van der Waals surface area contributed by atoms with Crippen molar-refractivity contribution in [1.29, 1.82) is 0 Å². The molecular weight excluding hydrogens is 623 g/mol. The third kappa shape index (κ3) is 7.69. The third-order valence-corrected chi connectivity index (χ3v) is 9.46. The van der Waals surface area contributed by atoms with Crippen LogP contribution in [0.2, 0.25) is 0 Å². The van der Waals surface area contributed by atoms with Crippen molar-refractivity contribution in [2.75, 3.05) is 36.5 Å². The molecule has 2 aromatic heterocycles. The number of anilines is 3. The number of hydrogen-bond donors (Lipinski definition) is 1. The topological polar surface area (TPSA) is 119 Å². The quantitative estimate of drug-likeness (QED) is 0.0729. The molecule has 0 spiro atoms. The zero-order valence-corrected chi connectivity index (χ0v) is 27.3. The lowest BCUT2D eigenvalue weighted by Gasteiger charge is -2.21. The smallest absolute Gasteiger partial charge is 0.322 e. The Labute approximate surface area is 273 Å². The highest BCUT2D eigenvalue weighted by Gasteiger charge is 2.28. The van der Waals surface area contributed by atoms with Gasteiger partial charge in [-0.15, -0.1) is 0 Å². The molecule has 2 heterocycles. The van der Waals surface area contributed by atoms with Crippen molar-refractivity contribution in [1.82, 2.24) is 19.4 Å². The summed E-state index contributed by atoms with van der Waals surface area (Å²) in [5.74, 6) is -0.475. The number of benzene rings is 3. The van der Waals surface area contributed by atoms with Crippen molar-refractivity contribution >= 4 is 44.6 Å². The van der Waals surface area contributed by atoms with Crippen LogP contribution in [0, 0.1) is 5.82 Å². The highest BCUT2D eigenvalue weighted by molar-refractivity contribution is 7.92. The van der Waals surface area contributed by atoms with E-state index in [-0.39, 0.29) is 17.9 Å². The summed E-state index contributed by atoms with van der Waals surface area (Å²) < 4.78 is 48.2. The van der Waals surface area contributed by atoms with E-state index in [9.17, 15) is 17.6 Å². The molecule has 13 heteroatoms. The second-order valence-electron chi connectivity index (χ2n) is 10.7. The van der Waals surface area contributed by atoms with E-state index in [1.165, 1.54) is 37.2 Å². The largest absolute Gasteiger partial charge is 0.494 e. The van der Waals surface area contributed by atoms with E-state index < -0.39 is 20.7 Å². The minimum atomic E-state index is -4.46. The van der Waals surface area contributed by atoms with Gasteiger partial charge in [0.25, 0.3) is 10.0 Å². The highest BCUT2D eigenvalue weighted by atomic mass is 32.2. The summed E-state index contributed by atoms with van der Waals surface area (Å²) in [7, 11) is -3.19. The Bertz CT molecular complexity index is 1930. The normalized spacial score (nSPS) is 11.5. The Morgan fingerprint density at radius 3 is 2.45 bits per heavy atom. The van der Waals surface area contributed by atoms with E-state index in [0.29, 0.717) is 16.0 Å². The molecule has 11 nitrogen and oxygen atoms in total. The summed E-state index contributed by atoms with van der Waals surface area (Å²) in [6, 6.07) is 19.4. The zero-order chi connectivity index (χ0) is 33.4. The molecule has 0 saturated carbocycles. The molecule has 0 aliphatic carbocycles. The van der Waals surface area contributed by atoms with E-state index in [1.807, 2.05) is 12.1 Å².